The molecule has 0 aliphatic carbocycles. The van der Waals surface area contributed by atoms with E-state index < -0.39 is 6.04 Å². The number of carbonyl (C=O) groups is 1. The summed E-state index contributed by atoms with van der Waals surface area (Å²) in [5.74, 6) is 1.20. The van der Waals surface area contributed by atoms with Gasteiger partial charge in [-0.3, -0.25) is 14.9 Å². The third-order valence-corrected chi connectivity index (χ3v) is 7.03. The van der Waals surface area contributed by atoms with Crippen molar-refractivity contribution in [2.75, 3.05) is 0 Å². The number of ether oxygens (including phenoxy) is 1. The highest BCUT2D eigenvalue weighted by molar-refractivity contribution is 6.31. The average Bonchev–Trinajstić information content (AvgIpc) is 3.46. The number of aromatic nitrogens is 3. The summed E-state index contributed by atoms with van der Waals surface area (Å²) in [6.07, 6.45) is 3.45. The lowest BCUT2D eigenvalue weighted by molar-refractivity contribution is 0.0729. The van der Waals surface area contributed by atoms with Crippen LogP contribution in [0.5, 0.6) is 17.2 Å². The first-order valence-corrected chi connectivity index (χ1v) is 12.5. The van der Waals surface area contributed by atoms with E-state index in [9.17, 15) is 9.90 Å². The predicted molar refractivity (Wildman–Crippen MR) is 144 cm³/mol. The second-order valence-corrected chi connectivity index (χ2v) is 9.57. The van der Waals surface area contributed by atoms with Crippen molar-refractivity contribution in [2.45, 2.75) is 19.5 Å². The summed E-state index contributed by atoms with van der Waals surface area (Å²) in [7, 11) is 0. The molecule has 1 aliphatic rings. The van der Waals surface area contributed by atoms with Crippen LogP contribution in [-0.4, -0.2) is 31.1 Å². The molecule has 2 N–H and O–H groups in total. The number of rotatable bonds is 6. The van der Waals surface area contributed by atoms with Gasteiger partial charge in [0, 0.05) is 35.1 Å². The highest BCUT2D eigenvalue weighted by atomic mass is 35.5. The van der Waals surface area contributed by atoms with Gasteiger partial charge in [-0.25, -0.2) is 0 Å². The Bertz CT molecular complexity index is 1640. The van der Waals surface area contributed by atoms with Gasteiger partial charge in [-0.15, -0.1) is 0 Å². The molecule has 0 unspecified atom stereocenters. The van der Waals surface area contributed by atoms with E-state index in [2.05, 4.69) is 15.2 Å². The van der Waals surface area contributed by atoms with Crippen molar-refractivity contribution in [3.8, 4) is 28.5 Å². The maximum atomic E-state index is 13.7. The van der Waals surface area contributed by atoms with Gasteiger partial charge in [-0.1, -0.05) is 48.0 Å². The van der Waals surface area contributed by atoms with Crippen molar-refractivity contribution in [2.24, 2.45) is 0 Å². The summed E-state index contributed by atoms with van der Waals surface area (Å²) in [5, 5.41) is 18.7. The van der Waals surface area contributed by atoms with Crippen LogP contribution in [0.1, 0.15) is 38.8 Å². The number of benzene rings is 3. The Kier molecular flexibility index (Phi) is 6.05. The lowest BCUT2D eigenvalue weighted by Crippen LogP contribution is -2.29. The van der Waals surface area contributed by atoms with Gasteiger partial charge in [-0.05, 0) is 66.1 Å². The van der Waals surface area contributed by atoms with E-state index in [4.69, 9.17) is 16.3 Å². The van der Waals surface area contributed by atoms with Crippen LogP contribution < -0.4 is 4.74 Å². The normalized spacial score (nSPS) is 14.5. The topological polar surface area (TPSA) is 91.3 Å². The van der Waals surface area contributed by atoms with Crippen LogP contribution in [0.15, 0.2) is 91.3 Å². The van der Waals surface area contributed by atoms with Crippen LogP contribution >= 0.6 is 11.6 Å². The molecule has 7 nitrogen and oxygen atoms in total. The third kappa shape index (κ3) is 4.27. The molecule has 0 radical (unpaired) electrons. The SMILES string of the molecule is Cc1cc(O)c(-c2n[nH]c3c2[C@H](c2cccc(Oc4ccccc4)c2)N(Cc2cccnc2)C3=O)cc1Cl. The lowest BCUT2D eigenvalue weighted by Gasteiger charge is -2.27. The zero-order valence-corrected chi connectivity index (χ0v) is 21.2. The number of phenols is 1. The van der Waals surface area contributed by atoms with Crippen LogP contribution in [-0.2, 0) is 6.54 Å². The van der Waals surface area contributed by atoms with Crippen molar-refractivity contribution in [1.29, 1.82) is 0 Å². The van der Waals surface area contributed by atoms with E-state index in [0.717, 1.165) is 16.7 Å². The molecule has 0 spiro atoms. The molecule has 3 aromatic carbocycles. The number of nitrogens with zero attached hydrogens (tertiary/aromatic N) is 3. The summed E-state index contributed by atoms with van der Waals surface area (Å²) in [6.45, 7) is 2.16. The maximum absolute atomic E-state index is 13.7. The van der Waals surface area contributed by atoms with E-state index in [1.165, 1.54) is 0 Å². The van der Waals surface area contributed by atoms with Gasteiger partial charge < -0.3 is 14.7 Å². The Morgan fingerprint density at radius 2 is 1.84 bits per heavy atom. The molecule has 1 atom stereocenters. The number of aromatic hydroxyl groups is 1. The number of pyridine rings is 1. The first-order chi connectivity index (χ1) is 18.5. The summed E-state index contributed by atoms with van der Waals surface area (Å²) >= 11 is 6.42. The molecule has 0 bridgehead atoms. The molecular formula is C30H23ClN4O3. The number of hydrogen-bond donors (Lipinski definition) is 2. The number of aryl methyl sites for hydroxylation is 1. The van der Waals surface area contributed by atoms with E-state index in [0.29, 0.717) is 45.6 Å². The Labute approximate surface area is 224 Å². The molecule has 0 fully saturated rings. The molecule has 188 valence electrons. The molecule has 1 aliphatic heterocycles. The molecule has 1 amide bonds. The van der Waals surface area contributed by atoms with Crippen LogP contribution in [0.4, 0.5) is 0 Å². The van der Waals surface area contributed by atoms with Crippen LogP contribution in [0, 0.1) is 6.92 Å². The molecule has 8 heteroatoms. The van der Waals surface area contributed by atoms with E-state index in [1.54, 1.807) is 29.4 Å². The Hall–Kier alpha value is -4.62. The maximum Gasteiger partial charge on any atom is 0.273 e. The Morgan fingerprint density at radius 3 is 2.63 bits per heavy atom. The molecule has 5 aromatic rings. The number of phenolic OH excluding ortho intramolecular Hbond substituents is 1. The average molecular weight is 523 g/mol. The van der Waals surface area contributed by atoms with Crippen molar-refractivity contribution >= 4 is 17.5 Å². The summed E-state index contributed by atoms with van der Waals surface area (Å²) in [6, 6.07) is 23.8. The molecule has 3 heterocycles. The number of hydrogen-bond acceptors (Lipinski definition) is 5. The Morgan fingerprint density at radius 1 is 1.03 bits per heavy atom. The third-order valence-electron chi connectivity index (χ3n) is 6.62. The van der Waals surface area contributed by atoms with Gasteiger partial charge in [0.15, 0.2) is 0 Å². The first-order valence-electron chi connectivity index (χ1n) is 12.1. The van der Waals surface area contributed by atoms with Crippen molar-refractivity contribution in [3.05, 3.63) is 124 Å². The minimum Gasteiger partial charge on any atom is -0.507 e. The fraction of sp³-hybridized carbons (Fsp3) is 0.100. The number of amides is 1. The van der Waals surface area contributed by atoms with Crippen LogP contribution in [0.25, 0.3) is 11.3 Å². The van der Waals surface area contributed by atoms with Gasteiger partial charge in [0.1, 0.15) is 28.6 Å². The zero-order valence-electron chi connectivity index (χ0n) is 20.4. The number of nitrogens with one attached hydrogen (secondary N) is 1. The highest BCUT2D eigenvalue weighted by Gasteiger charge is 2.42. The minimum atomic E-state index is -0.495. The first kappa shape index (κ1) is 23.8. The second kappa shape index (κ2) is 9.68. The number of aromatic amines is 1. The summed E-state index contributed by atoms with van der Waals surface area (Å²) in [5.41, 5.74) is 4.46. The zero-order chi connectivity index (χ0) is 26.2. The lowest BCUT2D eigenvalue weighted by atomic mass is 9.95. The highest BCUT2D eigenvalue weighted by Crippen LogP contribution is 2.46. The number of halogens is 1. The Balaban J connectivity index is 1.48. The van der Waals surface area contributed by atoms with Crippen molar-refractivity contribution in [1.82, 2.24) is 20.1 Å². The van der Waals surface area contributed by atoms with Crippen LogP contribution in [0.3, 0.4) is 0 Å². The number of H-pyrrole nitrogens is 1. The number of fused-ring (bicyclic) bond motifs is 1. The fourth-order valence-electron chi connectivity index (χ4n) is 4.83. The van der Waals surface area contributed by atoms with Crippen molar-refractivity contribution in [3.63, 3.8) is 0 Å². The molecule has 6 rings (SSSR count). The van der Waals surface area contributed by atoms with Gasteiger partial charge >= 0.3 is 0 Å². The summed E-state index contributed by atoms with van der Waals surface area (Å²) in [4.78, 5) is 19.7. The second-order valence-electron chi connectivity index (χ2n) is 9.16. The number of carbonyl (C=O) groups excluding carboxylic acids is 1. The molecule has 0 saturated heterocycles. The fourth-order valence-corrected chi connectivity index (χ4v) is 4.99. The molecule has 38 heavy (non-hydrogen) atoms. The quantitative estimate of drug-likeness (QED) is 0.259. The van der Waals surface area contributed by atoms with Crippen molar-refractivity contribution < 1.29 is 14.6 Å². The largest absolute Gasteiger partial charge is 0.507 e. The van der Waals surface area contributed by atoms with Gasteiger partial charge in [0.2, 0.25) is 0 Å². The van der Waals surface area contributed by atoms with E-state index in [1.807, 2.05) is 73.7 Å². The molecule has 2 aromatic heterocycles. The smallest absolute Gasteiger partial charge is 0.273 e. The standard InChI is InChI=1S/C30H23ClN4O3/c1-18-13-25(36)23(15-24(18)31)27-26-28(34-33-27)30(37)35(17-19-7-6-12-32-16-19)29(26)20-8-5-11-22(14-20)38-21-9-3-2-4-10-21/h2-16,29,36H,17H2,1H3,(H,33,34)/t29-/m0/s1. The minimum absolute atomic E-state index is 0.0410. The van der Waals surface area contributed by atoms with Gasteiger partial charge in [0.25, 0.3) is 5.91 Å². The molecular weight excluding hydrogens is 500 g/mol. The van der Waals surface area contributed by atoms with Gasteiger partial charge in [-0.2, -0.15) is 5.10 Å². The van der Waals surface area contributed by atoms with E-state index >= 15 is 0 Å². The predicted octanol–water partition coefficient (Wildman–Crippen LogP) is 6.68. The van der Waals surface area contributed by atoms with Gasteiger partial charge in [0.05, 0.1) is 6.04 Å². The van der Waals surface area contributed by atoms with E-state index in [-0.39, 0.29) is 11.7 Å². The monoisotopic (exact) mass is 522 g/mol. The summed E-state index contributed by atoms with van der Waals surface area (Å²) < 4.78 is 6.10. The number of para-hydroxylation sites is 1. The van der Waals surface area contributed by atoms with Crippen LogP contribution in [0.2, 0.25) is 5.02 Å². The molecule has 0 saturated carbocycles.